The van der Waals surface area contributed by atoms with Gasteiger partial charge in [0.25, 0.3) is 6.29 Å². The van der Waals surface area contributed by atoms with Crippen LogP contribution in [0.15, 0.2) is 30.3 Å². The molecule has 92 valence electrons. The second kappa shape index (κ2) is 7.14. The minimum Gasteiger partial charge on any atom is -0.420 e. The Morgan fingerprint density at radius 1 is 1.00 bits per heavy atom. The molecule has 1 aromatic carbocycles. The maximum Gasteiger partial charge on any atom is 0.324 e. The highest BCUT2D eigenvalue weighted by Gasteiger charge is 2.20. The molecule has 0 heterocycles. The first kappa shape index (κ1) is 13.8. The summed E-state index contributed by atoms with van der Waals surface area (Å²) in [7, 11) is 0. The van der Waals surface area contributed by atoms with Gasteiger partial charge in [0.1, 0.15) is 11.8 Å². The van der Waals surface area contributed by atoms with Crippen LogP contribution in [0.1, 0.15) is 11.9 Å². The molecule has 1 aromatic rings. The number of benzene rings is 1. The van der Waals surface area contributed by atoms with Gasteiger partial charge in [-0.3, -0.25) is 9.59 Å². The SMILES string of the molecule is O=C(CCl)OC(OC(=O)CCl)c1ccccc1. The van der Waals surface area contributed by atoms with Gasteiger partial charge in [0.15, 0.2) is 0 Å². The molecule has 0 unspecified atom stereocenters. The number of hydrogen-bond acceptors (Lipinski definition) is 4. The molecular weight excluding hydrogens is 267 g/mol. The Kier molecular flexibility index (Phi) is 5.80. The van der Waals surface area contributed by atoms with Gasteiger partial charge >= 0.3 is 11.9 Å². The maximum absolute atomic E-state index is 11.1. The van der Waals surface area contributed by atoms with E-state index in [0.717, 1.165) is 0 Å². The second-order valence-electron chi connectivity index (χ2n) is 2.99. The van der Waals surface area contributed by atoms with Gasteiger partial charge in [0, 0.05) is 5.56 Å². The van der Waals surface area contributed by atoms with Crippen LogP contribution in [0.2, 0.25) is 0 Å². The van der Waals surface area contributed by atoms with E-state index in [1.807, 2.05) is 0 Å². The summed E-state index contributed by atoms with van der Waals surface area (Å²) in [5.74, 6) is -1.99. The Balaban J connectivity index is 2.79. The first-order valence-electron chi connectivity index (χ1n) is 4.73. The van der Waals surface area contributed by atoms with Crippen molar-refractivity contribution in [2.24, 2.45) is 0 Å². The van der Waals surface area contributed by atoms with E-state index in [1.165, 1.54) is 0 Å². The summed E-state index contributed by atoms with van der Waals surface area (Å²) in [4.78, 5) is 22.2. The third-order valence-corrected chi connectivity index (χ3v) is 2.20. The number of carbonyl (C=O) groups excluding carboxylic acids is 2. The lowest BCUT2D eigenvalue weighted by Gasteiger charge is -2.17. The van der Waals surface area contributed by atoms with Crippen LogP contribution in [0, 0.1) is 0 Å². The Labute approximate surface area is 108 Å². The van der Waals surface area contributed by atoms with Crippen molar-refractivity contribution in [3.63, 3.8) is 0 Å². The van der Waals surface area contributed by atoms with E-state index in [0.29, 0.717) is 5.56 Å². The average molecular weight is 277 g/mol. The van der Waals surface area contributed by atoms with Crippen LogP contribution in [0.25, 0.3) is 0 Å². The summed E-state index contributed by atoms with van der Waals surface area (Å²) in [5, 5.41) is 0. The molecule has 0 atom stereocenters. The van der Waals surface area contributed by atoms with Crippen LogP contribution >= 0.6 is 23.2 Å². The summed E-state index contributed by atoms with van der Waals surface area (Å²) < 4.78 is 9.77. The zero-order valence-electron chi connectivity index (χ0n) is 8.77. The van der Waals surface area contributed by atoms with Crippen molar-refractivity contribution in [1.29, 1.82) is 0 Å². The molecule has 0 aliphatic rings. The largest absolute Gasteiger partial charge is 0.420 e. The van der Waals surface area contributed by atoms with Crippen LogP contribution in [0.5, 0.6) is 0 Å². The summed E-state index contributed by atoms with van der Waals surface area (Å²) in [6.45, 7) is 0. The summed E-state index contributed by atoms with van der Waals surface area (Å²) in [6, 6.07) is 8.56. The first-order valence-corrected chi connectivity index (χ1v) is 5.80. The predicted octanol–water partition coefficient (Wildman–Crippen LogP) is 2.25. The molecule has 0 aromatic heterocycles. The number of hydrogen-bond donors (Lipinski definition) is 0. The van der Waals surface area contributed by atoms with Gasteiger partial charge in [0.05, 0.1) is 0 Å². The monoisotopic (exact) mass is 276 g/mol. The number of rotatable bonds is 5. The van der Waals surface area contributed by atoms with E-state index in [2.05, 4.69) is 0 Å². The van der Waals surface area contributed by atoms with Crippen molar-refractivity contribution in [3.05, 3.63) is 35.9 Å². The minimum atomic E-state index is -1.12. The lowest BCUT2D eigenvalue weighted by atomic mass is 10.2. The lowest BCUT2D eigenvalue weighted by molar-refractivity contribution is -0.186. The molecule has 17 heavy (non-hydrogen) atoms. The topological polar surface area (TPSA) is 52.6 Å². The molecule has 4 nitrogen and oxygen atoms in total. The number of ether oxygens (including phenoxy) is 2. The highest BCUT2D eigenvalue weighted by molar-refractivity contribution is 6.26. The smallest absolute Gasteiger partial charge is 0.324 e. The van der Waals surface area contributed by atoms with Gasteiger partial charge < -0.3 is 9.47 Å². The molecule has 0 saturated carbocycles. The zero-order valence-corrected chi connectivity index (χ0v) is 10.3. The van der Waals surface area contributed by atoms with Crippen LogP contribution in [-0.2, 0) is 19.1 Å². The van der Waals surface area contributed by atoms with Gasteiger partial charge in [0.2, 0.25) is 0 Å². The molecule has 6 heteroatoms. The number of halogens is 2. The van der Waals surface area contributed by atoms with Crippen LogP contribution < -0.4 is 0 Å². The highest BCUT2D eigenvalue weighted by Crippen LogP contribution is 2.19. The number of esters is 2. The third-order valence-electron chi connectivity index (χ3n) is 1.77. The van der Waals surface area contributed by atoms with Gasteiger partial charge in [-0.05, 0) is 0 Å². The van der Waals surface area contributed by atoms with Gasteiger partial charge in [-0.2, -0.15) is 0 Å². The standard InChI is InChI=1S/C11H10Cl2O4/c12-6-9(14)16-11(17-10(15)7-13)8-4-2-1-3-5-8/h1-5,11H,6-7H2. The summed E-state index contributed by atoms with van der Waals surface area (Å²) in [6.07, 6.45) is -1.12. The zero-order chi connectivity index (χ0) is 12.7. The van der Waals surface area contributed by atoms with Crippen LogP contribution in [0.3, 0.4) is 0 Å². The summed E-state index contributed by atoms with van der Waals surface area (Å²) in [5.41, 5.74) is 0.532. The lowest BCUT2D eigenvalue weighted by Crippen LogP contribution is -2.19. The quantitative estimate of drug-likeness (QED) is 0.470. The van der Waals surface area contributed by atoms with E-state index in [1.54, 1.807) is 30.3 Å². The van der Waals surface area contributed by atoms with E-state index in [4.69, 9.17) is 32.7 Å². The van der Waals surface area contributed by atoms with E-state index >= 15 is 0 Å². The van der Waals surface area contributed by atoms with Crippen LogP contribution in [0.4, 0.5) is 0 Å². The van der Waals surface area contributed by atoms with Crippen molar-refractivity contribution in [2.75, 3.05) is 11.8 Å². The van der Waals surface area contributed by atoms with Crippen molar-refractivity contribution in [2.45, 2.75) is 6.29 Å². The van der Waals surface area contributed by atoms with Crippen molar-refractivity contribution in [1.82, 2.24) is 0 Å². The third kappa shape index (κ3) is 4.63. The van der Waals surface area contributed by atoms with Crippen molar-refractivity contribution < 1.29 is 19.1 Å². The molecule has 0 spiro atoms. The summed E-state index contributed by atoms with van der Waals surface area (Å²) >= 11 is 10.6. The molecule has 0 saturated heterocycles. The minimum absolute atomic E-state index is 0.318. The Hall–Kier alpha value is -1.26. The fourth-order valence-corrected chi connectivity index (χ4v) is 1.20. The van der Waals surface area contributed by atoms with E-state index in [-0.39, 0.29) is 11.8 Å². The van der Waals surface area contributed by atoms with Gasteiger partial charge in [-0.25, -0.2) is 0 Å². The molecule has 0 bridgehead atoms. The molecule has 0 fully saturated rings. The van der Waals surface area contributed by atoms with E-state index < -0.39 is 18.2 Å². The molecular formula is C11H10Cl2O4. The fourth-order valence-electron chi connectivity index (χ4n) is 1.07. The van der Waals surface area contributed by atoms with Gasteiger partial charge in [-0.15, -0.1) is 23.2 Å². The fraction of sp³-hybridized carbons (Fsp3) is 0.273. The highest BCUT2D eigenvalue weighted by atomic mass is 35.5. The second-order valence-corrected chi connectivity index (χ2v) is 3.52. The molecule has 0 amide bonds. The molecule has 0 aliphatic carbocycles. The Bertz CT molecular complexity index is 362. The Morgan fingerprint density at radius 3 is 1.88 bits per heavy atom. The normalized spacial score (nSPS) is 10.1. The number of alkyl halides is 2. The number of carbonyl (C=O) groups is 2. The van der Waals surface area contributed by atoms with Crippen LogP contribution in [-0.4, -0.2) is 23.7 Å². The first-order chi connectivity index (χ1) is 8.17. The Morgan fingerprint density at radius 2 is 1.47 bits per heavy atom. The van der Waals surface area contributed by atoms with E-state index in [9.17, 15) is 9.59 Å². The average Bonchev–Trinajstić information content (AvgIpc) is 2.38. The van der Waals surface area contributed by atoms with Gasteiger partial charge in [-0.1, -0.05) is 30.3 Å². The van der Waals surface area contributed by atoms with Crippen molar-refractivity contribution in [3.8, 4) is 0 Å². The molecule has 1 rings (SSSR count). The molecule has 0 N–H and O–H groups in total. The molecule has 0 radical (unpaired) electrons. The van der Waals surface area contributed by atoms with Crippen molar-refractivity contribution >= 4 is 35.1 Å². The maximum atomic E-state index is 11.1. The molecule has 0 aliphatic heterocycles. The predicted molar refractivity (Wildman–Crippen MR) is 62.8 cm³/mol.